The number of aromatic amines is 1. The van der Waals surface area contributed by atoms with E-state index in [1.54, 1.807) is 10.9 Å². The molecule has 2 heterocycles. The molecule has 0 atom stereocenters. The number of nitrogens with zero attached hydrogens (tertiary/aromatic N) is 5. The molecular formula is C6H8N6S. The first-order chi connectivity index (χ1) is 6.27. The molecule has 0 unspecified atom stereocenters. The molecular weight excluding hydrogens is 188 g/mol. The standard InChI is InChI=1S/C6H8N6S/c1-11-3-2-7-5(11)4-12-6(13)8-9-10-12/h2-3H,4H2,1H3,(H,8,10,13). The van der Waals surface area contributed by atoms with Gasteiger partial charge in [0.05, 0.1) is 0 Å². The summed E-state index contributed by atoms with van der Waals surface area (Å²) < 4.78 is 4.00. The molecule has 13 heavy (non-hydrogen) atoms. The number of aryl methyl sites for hydroxylation is 1. The molecule has 6 nitrogen and oxygen atoms in total. The molecule has 0 aliphatic carbocycles. The number of tetrazole rings is 1. The van der Waals surface area contributed by atoms with Crippen LogP contribution in [0.25, 0.3) is 0 Å². The van der Waals surface area contributed by atoms with E-state index in [4.69, 9.17) is 12.2 Å². The number of rotatable bonds is 2. The van der Waals surface area contributed by atoms with Crippen molar-refractivity contribution in [2.45, 2.75) is 6.54 Å². The Bertz CT molecular complexity index is 451. The highest BCUT2D eigenvalue weighted by atomic mass is 32.1. The minimum absolute atomic E-state index is 0.433. The first-order valence-electron chi connectivity index (χ1n) is 3.71. The summed E-state index contributed by atoms with van der Waals surface area (Å²) in [7, 11) is 1.93. The average Bonchev–Trinajstić information content (AvgIpc) is 2.65. The molecule has 0 spiro atoms. The van der Waals surface area contributed by atoms with Gasteiger partial charge in [-0.05, 0) is 12.2 Å². The van der Waals surface area contributed by atoms with Gasteiger partial charge >= 0.3 is 0 Å². The Balaban J connectivity index is 2.29. The van der Waals surface area contributed by atoms with E-state index in [0.29, 0.717) is 11.3 Å². The minimum atomic E-state index is 0.433. The van der Waals surface area contributed by atoms with Gasteiger partial charge in [0.15, 0.2) is 0 Å². The first kappa shape index (κ1) is 8.11. The molecule has 2 aromatic heterocycles. The summed E-state index contributed by atoms with van der Waals surface area (Å²) in [6, 6.07) is 0. The zero-order valence-electron chi connectivity index (χ0n) is 7.01. The SMILES string of the molecule is Cn1ccnc1Cn1[nH]nnc1=S. The highest BCUT2D eigenvalue weighted by Crippen LogP contribution is 1.96. The summed E-state index contributed by atoms with van der Waals surface area (Å²) in [5.74, 6) is 0.905. The van der Waals surface area contributed by atoms with Gasteiger partial charge in [-0.15, -0.1) is 0 Å². The number of hydrogen-bond acceptors (Lipinski definition) is 4. The third kappa shape index (κ3) is 1.50. The lowest BCUT2D eigenvalue weighted by molar-refractivity contribution is 0.601. The van der Waals surface area contributed by atoms with Gasteiger partial charge in [-0.2, -0.15) is 5.21 Å². The van der Waals surface area contributed by atoms with Gasteiger partial charge in [0.2, 0.25) is 4.77 Å². The lowest BCUT2D eigenvalue weighted by Gasteiger charge is -2.00. The average molecular weight is 196 g/mol. The van der Waals surface area contributed by atoms with Crippen LogP contribution in [0.2, 0.25) is 0 Å². The molecule has 7 heteroatoms. The first-order valence-corrected chi connectivity index (χ1v) is 4.12. The quantitative estimate of drug-likeness (QED) is 0.693. The Morgan fingerprint density at radius 1 is 1.62 bits per heavy atom. The zero-order valence-corrected chi connectivity index (χ0v) is 7.82. The van der Waals surface area contributed by atoms with E-state index >= 15 is 0 Å². The zero-order chi connectivity index (χ0) is 9.26. The Morgan fingerprint density at radius 3 is 3.00 bits per heavy atom. The number of imidazole rings is 1. The highest BCUT2D eigenvalue weighted by Gasteiger charge is 2.01. The molecule has 0 fully saturated rings. The Labute approximate surface area is 79.2 Å². The van der Waals surface area contributed by atoms with Gasteiger partial charge in [0, 0.05) is 19.4 Å². The van der Waals surface area contributed by atoms with Gasteiger partial charge in [0.25, 0.3) is 0 Å². The van der Waals surface area contributed by atoms with Gasteiger partial charge in [-0.3, -0.25) is 0 Å². The third-order valence-corrected chi connectivity index (χ3v) is 2.05. The smallest absolute Gasteiger partial charge is 0.238 e. The van der Waals surface area contributed by atoms with Gasteiger partial charge < -0.3 is 4.57 Å². The maximum absolute atomic E-state index is 4.92. The molecule has 0 aromatic carbocycles. The fourth-order valence-corrected chi connectivity index (χ4v) is 1.16. The molecule has 0 bridgehead atoms. The molecule has 2 aromatic rings. The number of hydrogen-bond donors (Lipinski definition) is 1. The Morgan fingerprint density at radius 2 is 2.46 bits per heavy atom. The molecule has 0 aliphatic heterocycles. The molecule has 2 rings (SSSR count). The van der Waals surface area contributed by atoms with Crippen molar-refractivity contribution < 1.29 is 0 Å². The van der Waals surface area contributed by atoms with E-state index in [1.165, 1.54) is 0 Å². The Kier molecular flexibility index (Phi) is 1.93. The van der Waals surface area contributed by atoms with Crippen LogP contribution >= 0.6 is 12.2 Å². The molecule has 0 radical (unpaired) electrons. The van der Waals surface area contributed by atoms with Crippen LogP contribution in [-0.2, 0) is 13.6 Å². The van der Waals surface area contributed by atoms with Crippen molar-refractivity contribution in [2.75, 3.05) is 0 Å². The molecule has 0 saturated heterocycles. The number of nitrogens with one attached hydrogen (secondary N) is 1. The lowest BCUT2D eigenvalue weighted by Crippen LogP contribution is -2.07. The second-order valence-corrected chi connectivity index (χ2v) is 2.99. The van der Waals surface area contributed by atoms with Crippen molar-refractivity contribution in [3.63, 3.8) is 0 Å². The monoisotopic (exact) mass is 196 g/mol. The normalized spacial score (nSPS) is 10.5. The van der Waals surface area contributed by atoms with Crippen LogP contribution in [0.15, 0.2) is 12.4 Å². The molecule has 0 aliphatic rings. The predicted octanol–water partition coefficient (Wildman–Crippen LogP) is 0.117. The molecule has 1 N–H and O–H groups in total. The summed E-state index contributed by atoms with van der Waals surface area (Å²) in [4.78, 5) is 4.15. The van der Waals surface area contributed by atoms with Crippen molar-refractivity contribution in [1.29, 1.82) is 0 Å². The topological polar surface area (TPSA) is 64.3 Å². The lowest BCUT2D eigenvalue weighted by atomic mass is 10.6. The summed E-state index contributed by atoms with van der Waals surface area (Å²) in [5.41, 5.74) is 0. The van der Waals surface area contributed by atoms with Crippen LogP contribution < -0.4 is 0 Å². The fraction of sp³-hybridized carbons (Fsp3) is 0.333. The van der Waals surface area contributed by atoms with Crippen molar-refractivity contribution in [3.8, 4) is 0 Å². The minimum Gasteiger partial charge on any atom is -0.336 e. The maximum Gasteiger partial charge on any atom is 0.238 e. The second kappa shape index (κ2) is 3.09. The predicted molar refractivity (Wildman–Crippen MR) is 47.5 cm³/mol. The van der Waals surface area contributed by atoms with E-state index in [0.717, 1.165) is 5.82 Å². The Hall–Kier alpha value is -1.50. The fourth-order valence-electron chi connectivity index (χ4n) is 1.01. The van der Waals surface area contributed by atoms with Gasteiger partial charge in [-0.1, -0.05) is 10.3 Å². The van der Waals surface area contributed by atoms with Crippen molar-refractivity contribution in [3.05, 3.63) is 23.0 Å². The summed E-state index contributed by atoms with van der Waals surface area (Å²) >= 11 is 4.92. The van der Waals surface area contributed by atoms with Crippen LogP contribution in [0.3, 0.4) is 0 Å². The summed E-state index contributed by atoms with van der Waals surface area (Å²) in [6.07, 6.45) is 3.62. The van der Waals surface area contributed by atoms with Gasteiger partial charge in [-0.25, -0.2) is 9.67 Å². The molecule has 68 valence electrons. The molecule has 0 saturated carbocycles. The van der Waals surface area contributed by atoms with E-state index in [2.05, 4.69) is 20.5 Å². The third-order valence-electron chi connectivity index (χ3n) is 1.75. The number of aromatic nitrogens is 6. The van der Waals surface area contributed by atoms with Crippen LogP contribution in [0.1, 0.15) is 5.82 Å². The molecule has 0 amide bonds. The summed E-state index contributed by atoms with van der Waals surface area (Å²) in [5, 5.41) is 9.91. The van der Waals surface area contributed by atoms with Crippen LogP contribution in [0, 0.1) is 4.77 Å². The maximum atomic E-state index is 4.92. The number of H-pyrrole nitrogens is 1. The van der Waals surface area contributed by atoms with E-state index in [9.17, 15) is 0 Å². The van der Waals surface area contributed by atoms with Gasteiger partial charge in [0.1, 0.15) is 12.4 Å². The van der Waals surface area contributed by atoms with E-state index in [-0.39, 0.29) is 0 Å². The van der Waals surface area contributed by atoms with Crippen molar-refractivity contribution in [2.24, 2.45) is 7.05 Å². The van der Waals surface area contributed by atoms with Crippen LogP contribution in [0.4, 0.5) is 0 Å². The van der Waals surface area contributed by atoms with E-state index < -0.39 is 0 Å². The van der Waals surface area contributed by atoms with Crippen molar-refractivity contribution >= 4 is 12.2 Å². The van der Waals surface area contributed by atoms with E-state index in [1.807, 2.05) is 17.8 Å². The van der Waals surface area contributed by atoms with Crippen LogP contribution in [0.5, 0.6) is 0 Å². The second-order valence-electron chi connectivity index (χ2n) is 2.62. The largest absolute Gasteiger partial charge is 0.336 e. The summed E-state index contributed by atoms with van der Waals surface area (Å²) in [6.45, 7) is 0.565. The van der Waals surface area contributed by atoms with Crippen LogP contribution in [-0.4, -0.2) is 29.8 Å². The highest BCUT2D eigenvalue weighted by molar-refractivity contribution is 7.71. The van der Waals surface area contributed by atoms with Crippen molar-refractivity contribution in [1.82, 2.24) is 29.8 Å².